The number of aryl methyl sites for hydroxylation is 1. The molecular weight excluding hydrogens is 307 g/mol. The van der Waals surface area contributed by atoms with Gasteiger partial charge in [0.05, 0.1) is 4.90 Å². The zero-order chi connectivity index (χ0) is 16.3. The second-order valence-electron chi connectivity index (χ2n) is 4.65. The number of benzene rings is 2. The van der Waals surface area contributed by atoms with E-state index in [1.54, 1.807) is 19.1 Å². The topological polar surface area (TPSA) is 75.3 Å². The van der Waals surface area contributed by atoms with E-state index < -0.39 is 21.7 Å². The minimum Gasteiger partial charge on any atom is -0.322 e. The van der Waals surface area contributed by atoms with Crippen LogP contribution in [0.5, 0.6) is 0 Å². The van der Waals surface area contributed by atoms with Crippen LogP contribution >= 0.6 is 0 Å². The lowest BCUT2D eigenvalue weighted by molar-refractivity contribution is 0.102. The van der Waals surface area contributed by atoms with Crippen molar-refractivity contribution in [2.24, 2.45) is 0 Å². The normalized spacial score (nSPS) is 11.2. The van der Waals surface area contributed by atoms with Crippen molar-refractivity contribution in [2.45, 2.75) is 11.8 Å². The highest BCUT2D eigenvalue weighted by Crippen LogP contribution is 2.16. The maximum atomic E-state index is 13.5. The molecule has 22 heavy (non-hydrogen) atoms. The van der Waals surface area contributed by atoms with Crippen molar-refractivity contribution >= 4 is 21.6 Å². The second-order valence-corrected chi connectivity index (χ2v) is 6.54. The van der Waals surface area contributed by atoms with Crippen molar-refractivity contribution in [1.29, 1.82) is 0 Å². The van der Waals surface area contributed by atoms with Gasteiger partial charge in [0.1, 0.15) is 5.82 Å². The summed E-state index contributed by atoms with van der Waals surface area (Å²) in [5.41, 5.74) is 0.937. The first-order valence-electron chi connectivity index (χ1n) is 6.44. The average molecular weight is 322 g/mol. The molecule has 2 aromatic carbocycles. The van der Waals surface area contributed by atoms with Crippen LogP contribution in [0.4, 0.5) is 10.1 Å². The standard InChI is InChI=1S/C15H15FN2O3S/c1-10-6-7-12(9-14(10)16)18-15(19)11-4-3-5-13(8-11)22(20,21)17-2/h3-9,17H,1-2H3,(H,18,19). The Labute approximate surface area is 128 Å². The minimum atomic E-state index is -3.63. The Kier molecular flexibility index (Phi) is 4.58. The Morgan fingerprint density at radius 2 is 1.86 bits per heavy atom. The molecule has 2 rings (SSSR count). The third-order valence-corrected chi connectivity index (χ3v) is 4.52. The lowest BCUT2D eigenvalue weighted by Gasteiger charge is -2.08. The third-order valence-electron chi connectivity index (χ3n) is 3.10. The van der Waals surface area contributed by atoms with E-state index in [2.05, 4.69) is 10.0 Å². The maximum Gasteiger partial charge on any atom is 0.255 e. The number of hydrogen-bond acceptors (Lipinski definition) is 3. The van der Waals surface area contributed by atoms with E-state index in [0.717, 1.165) is 0 Å². The van der Waals surface area contributed by atoms with Gasteiger partial charge >= 0.3 is 0 Å². The molecule has 0 saturated heterocycles. The van der Waals surface area contributed by atoms with Gasteiger partial charge in [-0.15, -0.1) is 0 Å². The number of carbonyl (C=O) groups is 1. The smallest absolute Gasteiger partial charge is 0.255 e. The van der Waals surface area contributed by atoms with E-state index >= 15 is 0 Å². The van der Waals surface area contributed by atoms with Crippen molar-refractivity contribution in [3.05, 3.63) is 59.4 Å². The minimum absolute atomic E-state index is 0.0160. The van der Waals surface area contributed by atoms with Gasteiger partial charge in [-0.3, -0.25) is 4.79 Å². The summed E-state index contributed by atoms with van der Waals surface area (Å²) in [6, 6.07) is 9.92. The molecule has 0 aliphatic carbocycles. The molecule has 2 N–H and O–H groups in total. The lowest BCUT2D eigenvalue weighted by Crippen LogP contribution is -2.19. The van der Waals surface area contributed by atoms with Crippen LogP contribution in [-0.2, 0) is 10.0 Å². The summed E-state index contributed by atoms with van der Waals surface area (Å²) in [6.07, 6.45) is 0. The molecular formula is C15H15FN2O3S. The zero-order valence-electron chi connectivity index (χ0n) is 12.1. The molecule has 7 heteroatoms. The third kappa shape index (κ3) is 3.49. The molecule has 0 fully saturated rings. The zero-order valence-corrected chi connectivity index (χ0v) is 12.9. The predicted molar refractivity (Wildman–Crippen MR) is 81.8 cm³/mol. The fourth-order valence-corrected chi connectivity index (χ4v) is 2.57. The molecule has 0 atom stereocenters. The Balaban J connectivity index is 2.26. The van der Waals surface area contributed by atoms with Gasteiger partial charge < -0.3 is 5.32 Å². The van der Waals surface area contributed by atoms with Gasteiger partial charge in [0.2, 0.25) is 10.0 Å². The van der Waals surface area contributed by atoms with Crippen LogP contribution in [0.15, 0.2) is 47.4 Å². The fraction of sp³-hybridized carbons (Fsp3) is 0.133. The molecule has 0 unspecified atom stereocenters. The Morgan fingerprint density at radius 1 is 1.14 bits per heavy atom. The van der Waals surface area contributed by atoms with Gasteiger partial charge in [-0.05, 0) is 49.9 Å². The Hall–Kier alpha value is -2.25. The van der Waals surface area contributed by atoms with Crippen LogP contribution in [-0.4, -0.2) is 21.4 Å². The number of halogens is 1. The first kappa shape index (κ1) is 16.1. The number of amides is 1. The number of sulfonamides is 1. The number of rotatable bonds is 4. The van der Waals surface area contributed by atoms with Gasteiger partial charge in [-0.1, -0.05) is 12.1 Å². The van der Waals surface area contributed by atoms with Crippen LogP contribution in [0.25, 0.3) is 0 Å². The molecule has 0 radical (unpaired) electrons. The van der Waals surface area contributed by atoms with Gasteiger partial charge in [0.25, 0.3) is 5.91 Å². The molecule has 116 valence electrons. The van der Waals surface area contributed by atoms with Crippen molar-refractivity contribution in [1.82, 2.24) is 4.72 Å². The summed E-state index contributed by atoms with van der Waals surface area (Å²) in [4.78, 5) is 12.1. The molecule has 5 nitrogen and oxygen atoms in total. The quantitative estimate of drug-likeness (QED) is 0.907. The molecule has 1 amide bonds. The van der Waals surface area contributed by atoms with Crippen LogP contribution in [0.2, 0.25) is 0 Å². The number of carbonyl (C=O) groups excluding carboxylic acids is 1. The average Bonchev–Trinajstić information content (AvgIpc) is 2.51. The van der Waals surface area contributed by atoms with Crippen LogP contribution < -0.4 is 10.0 Å². The van der Waals surface area contributed by atoms with Gasteiger partial charge in [0.15, 0.2) is 0 Å². The van der Waals surface area contributed by atoms with Gasteiger partial charge in [-0.2, -0.15) is 0 Å². The summed E-state index contributed by atoms with van der Waals surface area (Å²) < 4.78 is 39.1. The van der Waals surface area contributed by atoms with Gasteiger partial charge in [-0.25, -0.2) is 17.5 Å². The molecule has 2 aromatic rings. The van der Waals surface area contributed by atoms with Crippen molar-refractivity contribution < 1.29 is 17.6 Å². The van der Waals surface area contributed by atoms with Crippen molar-refractivity contribution in [3.8, 4) is 0 Å². The predicted octanol–water partition coefficient (Wildman–Crippen LogP) is 2.29. The van der Waals surface area contributed by atoms with E-state index in [0.29, 0.717) is 11.3 Å². The van der Waals surface area contributed by atoms with Crippen LogP contribution in [0.3, 0.4) is 0 Å². The summed E-state index contributed by atoms with van der Waals surface area (Å²) in [5.74, 6) is -0.944. The first-order chi connectivity index (χ1) is 10.3. The monoisotopic (exact) mass is 322 g/mol. The molecule has 0 aliphatic rings. The summed E-state index contributed by atoms with van der Waals surface area (Å²) in [6.45, 7) is 1.62. The molecule has 0 aliphatic heterocycles. The van der Waals surface area contributed by atoms with Crippen LogP contribution in [0, 0.1) is 12.7 Å². The van der Waals surface area contributed by atoms with Gasteiger partial charge in [0, 0.05) is 11.3 Å². The Bertz CT molecular complexity index is 819. The maximum absolute atomic E-state index is 13.5. The first-order valence-corrected chi connectivity index (χ1v) is 7.93. The van der Waals surface area contributed by atoms with E-state index in [1.165, 1.54) is 37.4 Å². The molecule has 0 bridgehead atoms. The largest absolute Gasteiger partial charge is 0.322 e. The summed E-state index contributed by atoms with van der Waals surface area (Å²) in [5, 5.41) is 2.53. The fourth-order valence-electron chi connectivity index (χ4n) is 1.80. The van der Waals surface area contributed by atoms with Crippen molar-refractivity contribution in [3.63, 3.8) is 0 Å². The molecule has 0 heterocycles. The molecule has 0 saturated carbocycles. The second kappa shape index (κ2) is 6.25. The SMILES string of the molecule is CNS(=O)(=O)c1cccc(C(=O)Nc2ccc(C)c(F)c2)c1. The molecule has 0 aromatic heterocycles. The Morgan fingerprint density at radius 3 is 2.50 bits per heavy atom. The van der Waals surface area contributed by atoms with E-state index in [9.17, 15) is 17.6 Å². The summed E-state index contributed by atoms with van der Waals surface area (Å²) >= 11 is 0. The highest BCUT2D eigenvalue weighted by atomic mass is 32.2. The highest BCUT2D eigenvalue weighted by Gasteiger charge is 2.14. The number of anilines is 1. The van der Waals surface area contributed by atoms with E-state index in [-0.39, 0.29) is 10.5 Å². The van der Waals surface area contributed by atoms with E-state index in [1.807, 2.05) is 0 Å². The lowest BCUT2D eigenvalue weighted by atomic mass is 10.2. The van der Waals surface area contributed by atoms with E-state index in [4.69, 9.17) is 0 Å². The highest BCUT2D eigenvalue weighted by molar-refractivity contribution is 7.89. The number of nitrogens with one attached hydrogen (secondary N) is 2. The summed E-state index contributed by atoms with van der Waals surface area (Å²) in [7, 11) is -2.34. The van der Waals surface area contributed by atoms with Crippen LogP contribution in [0.1, 0.15) is 15.9 Å². The van der Waals surface area contributed by atoms with Crippen molar-refractivity contribution in [2.75, 3.05) is 12.4 Å². The molecule has 0 spiro atoms. The number of hydrogen-bond donors (Lipinski definition) is 2.